The van der Waals surface area contributed by atoms with Crippen LogP contribution in [0.4, 0.5) is 0 Å². The predicted molar refractivity (Wildman–Crippen MR) is 133 cm³/mol. The number of pyridine rings is 1. The molecule has 0 fully saturated rings. The van der Waals surface area contributed by atoms with Crippen molar-refractivity contribution >= 4 is 27.8 Å². The minimum atomic E-state index is -0.239. The molecule has 0 N–H and O–H groups in total. The number of nitrogens with zero attached hydrogens (tertiary/aromatic N) is 1. The van der Waals surface area contributed by atoms with Gasteiger partial charge >= 0.3 is 0 Å². The van der Waals surface area contributed by atoms with E-state index in [1.807, 2.05) is 28.8 Å². The van der Waals surface area contributed by atoms with Gasteiger partial charge in [0.15, 0.2) is 5.12 Å². The quantitative estimate of drug-likeness (QED) is 0.323. The maximum absolute atomic E-state index is 12.5. The van der Waals surface area contributed by atoms with Gasteiger partial charge in [-0.3, -0.25) is 9.59 Å². The molecule has 0 unspecified atom stereocenters. The van der Waals surface area contributed by atoms with Crippen LogP contribution in [0.5, 0.6) is 5.75 Å². The first-order valence-corrected chi connectivity index (χ1v) is 12.7. The summed E-state index contributed by atoms with van der Waals surface area (Å²) in [6, 6.07) is 9.55. The number of para-hydroxylation sites is 1. The number of hydrogen-bond donors (Lipinski definition) is 0. The maximum Gasteiger partial charge on any atom is 0.254 e. The molecule has 0 amide bonds. The molecular formula is C26H39NO3S. The third-order valence-electron chi connectivity index (χ3n) is 5.61. The van der Waals surface area contributed by atoms with E-state index in [9.17, 15) is 9.59 Å². The van der Waals surface area contributed by atoms with Crippen molar-refractivity contribution in [1.82, 2.24) is 4.57 Å². The Hall–Kier alpha value is -1.75. The van der Waals surface area contributed by atoms with Crippen LogP contribution >= 0.6 is 11.8 Å². The van der Waals surface area contributed by atoms with Gasteiger partial charge in [-0.15, -0.1) is 0 Å². The molecule has 1 heterocycles. The lowest BCUT2D eigenvalue weighted by Crippen LogP contribution is -2.22. The van der Waals surface area contributed by atoms with Crippen LogP contribution in [0.15, 0.2) is 35.1 Å². The van der Waals surface area contributed by atoms with Gasteiger partial charge in [0.05, 0.1) is 12.1 Å². The van der Waals surface area contributed by atoms with E-state index in [0.29, 0.717) is 29.9 Å². The van der Waals surface area contributed by atoms with E-state index in [1.165, 1.54) is 11.8 Å². The van der Waals surface area contributed by atoms with Gasteiger partial charge in [-0.05, 0) is 50.2 Å². The van der Waals surface area contributed by atoms with Crippen LogP contribution in [0.2, 0.25) is 0 Å². The SMILES string of the molecule is CCCn1c(=O)cc(OCCCCCSC(=O)C(C)(C)CCC(C)C)c2ccccc21. The summed E-state index contributed by atoms with van der Waals surface area (Å²) in [5.41, 5.74) is 0.685. The molecule has 1 aromatic heterocycles. The maximum atomic E-state index is 12.5. The van der Waals surface area contributed by atoms with Crippen LogP contribution in [0.1, 0.15) is 73.1 Å². The number of carbonyl (C=O) groups is 1. The molecule has 5 heteroatoms. The van der Waals surface area contributed by atoms with Crippen LogP contribution in [0, 0.1) is 11.3 Å². The Balaban J connectivity index is 1.77. The summed E-state index contributed by atoms with van der Waals surface area (Å²) in [6.07, 6.45) is 5.89. The second kappa shape index (κ2) is 12.3. The lowest BCUT2D eigenvalue weighted by Gasteiger charge is -2.23. The second-order valence-electron chi connectivity index (χ2n) is 9.38. The molecule has 0 saturated heterocycles. The highest BCUT2D eigenvalue weighted by molar-refractivity contribution is 8.13. The average Bonchev–Trinajstić information content (AvgIpc) is 2.74. The molecule has 172 valence electrons. The van der Waals surface area contributed by atoms with Gasteiger partial charge in [0, 0.05) is 29.2 Å². The van der Waals surface area contributed by atoms with Crippen molar-refractivity contribution in [3.63, 3.8) is 0 Å². The van der Waals surface area contributed by atoms with Crippen molar-refractivity contribution < 1.29 is 9.53 Å². The number of aryl methyl sites for hydroxylation is 1. The summed E-state index contributed by atoms with van der Waals surface area (Å²) in [5.74, 6) is 2.16. The van der Waals surface area contributed by atoms with E-state index in [4.69, 9.17) is 4.74 Å². The fourth-order valence-electron chi connectivity index (χ4n) is 3.55. The van der Waals surface area contributed by atoms with Gasteiger partial charge in [0.2, 0.25) is 0 Å². The highest BCUT2D eigenvalue weighted by Gasteiger charge is 2.27. The van der Waals surface area contributed by atoms with E-state index in [-0.39, 0.29) is 11.0 Å². The molecule has 0 saturated carbocycles. The molecular weight excluding hydrogens is 406 g/mol. The highest BCUT2D eigenvalue weighted by atomic mass is 32.2. The molecule has 2 rings (SSSR count). The molecule has 0 aliphatic rings. The van der Waals surface area contributed by atoms with Crippen LogP contribution < -0.4 is 10.3 Å². The smallest absolute Gasteiger partial charge is 0.254 e. The minimum absolute atomic E-state index is 0.00876. The lowest BCUT2D eigenvalue weighted by molar-refractivity contribution is -0.118. The number of thioether (sulfide) groups is 1. The molecule has 0 aliphatic carbocycles. The van der Waals surface area contributed by atoms with E-state index in [0.717, 1.165) is 55.2 Å². The largest absolute Gasteiger partial charge is 0.493 e. The Labute approximate surface area is 191 Å². The molecule has 4 nitrogen and oxygen atoms in total. The zero-order valence-electron chi connectivity index (χ0n) is 19.9. The summed E-state index contributed by atoms with van der Waals surface area (Å²) in [5, 5.41) is 1.30. The van der Waals surface area contributed by atoms with Crippen molar-refractivity contribution in [1.29, 1.82) is 0 Å². The molecule has 1 aromatic carbocycles. The Morgan fingerprint density at radius 2 is 1.90 bits per heavy atom. The third-order valence-corrected chi connectivity index (χ3v) is 6.91. The highest BCUT2D eigenvalue weighted by Crippen LogP contribution is 2.31. The summed E-state index contributed by atoms with van der Waals surface area (Å²) < 4.78 is 7.80. The molecule has 0 atom stereocenters. The van der Waals surface area contributed by atoms with Crippen LogP contribution in [-0.2, 0) is 11.3 Å². The topological polar surface area (TPSA) is 48.3 Å². The van der Waals surface area contributed by atoms with Gasteiger partial charge < -0.3 is 9.30 Å². The number of carbonyl (C=O) groups excluding carboxylic acids is 1. The lowest BCUT2D eigenvalue weighted by atomic mass is 9.87. The van der Waals surface area contributed by atoms with Crippen LogP contribution in [0.25, 0.3) is 10.9 Å². The zero-order chi connectivity index (χ0) is 22.9. The van der Waals surface area contributed by atoms with Gasteiger partial charge in [0.25, 0.3) is 5.56 Å². The molecule has 0 aliphatic heterocycles. The molecule has 2 aromatic rings. The number of benzene rings is 1. The minimum Gasteiger partial charge on any atom is -0.493 e. The first-order valence-electron chi connectivity index (χ1n) is 11.7. The number of fused-ring (bicyclic) bond motifs is 1. The van der Waals surface area contributed by atoms with E-state index in [1.54, 1.807) is 6.07 Å². The van der Waals surface area contributed by atoms with Crippen LogP contribution in [0.3, 0.4) is 0 Å². The van der Waals surface area contributed by atoms with E-state index < -0.39 is 0 Å². The average molecular weight is 446 g/mol. The van der Waals surface area contributed by atoms with Crippen molar-refractivity contribution in [2.75, 3.05) is 12.4 Å². The Bertz CT molecular complexity index is 901. The number of unbranched alkanes of at least 4 members (excludes halogenated alkanes) is 2. The summed E-state index contributed by atoms with van der Waals surface area (Å²) in [6.45, 7) is 11.9. The predicted octanol–water partition coefficient (Wildman–Crippen LogP) is 6.68. The van der Waals surface area contributed by atoms with Gasteiger partial charge in [-0.25, -0.2) is 0 Å². The van der Waals surface area contributed by atoms with Crippen molar-refractivity contribution in [2.24, 2.45) is 11.3 Å². The second-order valence-corrected chi connectivity index (χ2v) is 10.4. The van der Waals surface area contributed by atoms with Gasteiger partial charge in [-0.2, -0.15) is 0 Å². The number of ether oxygens (including phenoxy) is 1. The number of aromatic nitrogens is 1. The normalized spacial score (nSPS) is 11.9. The first kappa shape index (κ1) is 25.5. The van der Waals surface area contributed by atoms with E-state index in [2.05, 4.69) is 34.6 Å². The zero-order valence-corrected chi connectivity index (χ0v) is 20.7. The van der Waals surface area contributed by atoms with Crippen LogP contribution in [-0.4, -0.2) is 22.0 Å². The van der Waals surface area contributed by atoms with Gasteiger partial charge in [-0.1, -0.05) is 64.9 Å². The Morgan fingerprint density at radius 1 is 1.16 bits per heavy atom. The summed E-state index contributed by atoms with van der Waals surface area (Å²) in [7, 11) is 0. The van der Waals surface area contributed by atoms with Crippen molar-refractivity contribution in [2.45, 2.75) is 79.7 Å². The number of hydrogen-bond acceptors (Lipinski definition) is 4. The fraction of sp³-hybridized carbons (Fsp3) is 0.615. The Kier molecular flexibility index (Phi) is 10.1. The van der Waals surface area contributed by atoms with E-state index >= 15 is 0 Å². The summed E-state index contributed by atoms with van der Waals surface area (Å²) in [4.78, 5) is 25.0. The molecule has 0 bridgehead atoms. The van der Waals surface area contributed by atoms with Gasteiger partial charge in [0.1, 0.15) is 5.75 Å². The monoisotopic (exact) mass is 445 g/mol. The standard InChI is InChI=1S/C26H39NO3S/c1-6-16-27-22-13-9-8-12-21(22)23(19-24(27)28)30-17-10-7-11-18-31-25(29)26(4,5)15-14-20(2)3/h8-9,12-13,19-20H,6-7,10-11,14-18H2,1-5H3. The van der Waals surface area contributed by atoms with Crippen molar-refractivity contribution in [3.05, 3.63) is 40.7 Å². The molecule has 0 radical (unpaired) electrons. The molecule has 0 spiro atoms. The first-order chi connectivity index (χ1) is 14.8. The third kappa shape index (κ3) is 7.71. The number of rotatable bonds is 13. The summed E-state index contributed by atoms with van der Waals surface area (Å²) >= 11 is 1.48. The molecule has 31 heavy (non-hydrogen) atoms. The van der Waals surface area contributed by atoms with Crippen molar-refractivity contribution in [3.8, 4) is 5.75 Å². The Morgan fingerprint density at radius 3 is 2.61 bits per heavy atom. The fourth-order valence-corrected chi connectivity index (χ4v) is 4.58.